The highest BCUT2D eigenvalue weighted by atomic mass is 19.1. The molecule has 3 aliphatic rings. The van der Waals surface area contributed by atoms with Crippen LogP contribution in [0.1, 0.15) is 30.4 Å². The minimum Gasteiger partial charge on any atom is -0.384 e. The van der Waals surface area contributed by atoms with Gasteiger partial charge in [-0.3, -0.25) is 14.5 Å². The Labute approximate surface area is 178 Å². The summed E-state index contributed by atoms with van der Waals surface area (Å²) in [5, 5.41) is 13.0. The number of carbonyl (C=O) groups excluding carboxylic acids is 2. The number of ketones is 1. The summed E-state index contributed by atoms with van der Waals surface area (Å²) in [5.74, 6) is -1.10. The quantitative estimate of drug-likeness (QED) is 0.744. The fourth-order valence-electron chi connectivity index (χ4n) is 5.01. The molecular weight excluding hydrogens is 395 g/mol. The maximum absolute atomic E-state index is 14.0. The number of Topliss-reactive ketones (excluding diaryl/α,β-unsaturated/α-hetero) is 1. The summed E-state index contributed by atoms with van der Waals surface area (Å²) in [4.78, 5) is 28.4. The van der Waals surface area contributed by atoms with E-state index in [9.17, 15) is 19.2 Å². The molecular formula is C24H19FN4O2. The SMILES string of the molecule is Cc1ccc2c(c1)[C@@]1(C(=O)N2)C(C#N)=C(N)N(c2cccc(F)c2)C2=C1C(=O)CCC2. The van der Waals surface area contributed by atoms with Gasteiger partial charge in [0, 0.05) is 28.9 Å². The molecule has 6 nitrogen and oxygen atoms in total. The number of nitrogens with two attached hydrogens (primary N) is 1. The number of nitrogens with one attached hydrogen (secondary N) is 1. The van der Waals surface area contributed by atoms with E-state index in [-0.39, 0.29) is 29.2 Å². The summed E-state index contributed by atoms with van der Waals surface area (Å²) in [6.45, 7) is 1.88. The van der Waals surface area contributed by atoms with E-state index in [4.69, 9.17) is 5.73 Å². The van der Waals surface area contributed by atoms with Gasteiger partial charge in [-0.1, -0.05) is 23.8 Å². The molecule has 0 radical (unpaired) electrons. The monoisotopic (exact) mass is 414 g/mol. The predicted octanol–water partition coefficient (Wildman–Crippen LogP) is 3.55. The lowest BCUT2D eigenvalue weighted by Gasteiger charge is -2.43. The van der Waals surface area contributed by atoms with Crippen molar-refractivity contribution < 1.29 is 14.0 Å². The molecule has 154 valence electrons. The van der Waals surface area contributed by atoms with Crippen LogP contribution in [0.5, 0.6) is 0 Å². The van der Waals surface area contributed by atoms with Crippen molar-refractivity contribution in [3.8, 4) is 6.07 Å². The number of aryl methyl sites for hydroxylation is 1. The molecule has 1 atom stereocenters. The van der Waals surface area contributed by atoms with Gasteiger partial charge >= 0.3 is 0 Å². The molecule has 0 saturated carbocycles. The maximum atomic E-state index is 14.0. The second kappa shape index (κ2) is 6.54. The van der Waals surface area contributed by atoms with Gasteiger partial charge in [-0.2, -0.15) is 5.26 Å². The second-order valence-corrected chi connectivity index (χ2v) is 8.04. The lowest BCUT2D eigenvalue weighted by atomic mass is 9.63. The van der Waals surface area contributed by atoms with Gasteiger partial charge < -0.3 is 11.1 Å². The molecule has 2 heterocycles. The van der Waals surface area contributed by atoms with Crippen molar-refractivity contribution in [1.82, 2.24) is 0 Å². The molecule has 0 unspecified atom stereocenters. The van der Waals surface area contributed by atoms with Crippen molar-refractivity contribution in [2.45, 2.75) is 31.6 Å². The summed E-state index contributed by atoms with van der Waals surface area (Å²) < 4.78 is 14.0. The Hall–Kier alpha value is -3.92. The first kappa shape index (κ1) is 19.1. The van der Waals surface area contributed by atoms with Crippen LogP contribution in [-0.4, -0.2) is 11.7 Å². The molecule has 1 spiro atoms. The van der Waals surface area contributed by atoms with E-state index in [1.54, 1.807) is 23.1 Å². The van der Waals surface area contributed by atoms with E-state index in [2.05, 4.69) is 11.4 Å². The summed E-state index contributed by atoms with van der Waals surface area (Å²) in [5.41, 5.74) is 8.11. The van der Waals surface area contributed by atoms with Gasteiger partial charge in [-0.25, -0.2) is 4.39 Å². The summed E-state index contributed by atoms with van der Waals surface area (Å²) in [7, 11) is 0. The van der Waals surface area contributed by atoms with Gasteiger partial charge in [0.1, 0.15) is 23.1 Å². The number of anilines is 2. The Morgan fingerprint density at radius 1 is 1.19 bits per heavy atom. The first-order valence-electron chi connectivity index (χ1n) is 10.0. The fraction of sp³-hybridized carbons (Fsp3) is 0.208. The van der Waals surface area contributed by atoms with Crippen LogP contribution < -0.4 is 16.0 Å². The molecule has 5 rings (SSSR count). The summed E-state index contributed by atoms with van der Waals surface area (Å²) in [6.07, 6.45) is 1.33. The minimum atomic E-state index is -1.60. The van der Waals surface area contributed by atoms with E-state index in [0.29, 0.717) is 35.5 Å². The van der Waals surface area contributed by atoms with E-state index < -0.39 is 17.1 Å². The normalized spacial score (nSPS) is 22.4. The van der Waals surface area contributed by atoms with Crippen molar-refractivity contribution in [1.29, 1.82) is 5.26 Å². The number of amides is 1. The van der Waals surface area contributed by atoms with Crippen LogP contribution in [0.15, 0.2) is 65.1 Å². The zero-order valence-corrected chi connectivity index (χ0v) is 16.8. The largest absolute Gasteiger partial charge is 0.384 e. The number of hydrogen-bond donors (Lipinski definition) is 2. The molecule has 7 heteroatoms. The van der Waals surface area contributed by atoms with Crippen LogP contribution in [0.3, 0.4) is 0 Å². The number of hydrogen-bond acceptors (Lipinski definition) is 5. The van der Waals surface area contributed by atoms with Gasteiger partial charge in [0.2, 0.25) is 5.91 Å². The third kappa shape index (κ3) is 2.42. The average molecular weight is 414 g/mol. The average Bonchev–Trinajstić information content (AvgIpc) is 3.00. The van der Waals surface area contributed by atoms with Gasteiger partial charge in [-0.05, 0) is 44.0 Å². The number of allylic oxidation sites excluding steroid dienone is 1. The van der Waals surface area contributed by atoms with E-state index in [1.165, 1.54) is 12.1 Å². The first-order chi connectivity index (χ1) is 14.9. The van der Waals surface area contributed by atoms with Crippen molar-refractivity contribution in [3.05, 3.63) is 82.1 Å². The molecule has 1 aliphatic carbocycles. The molecule has 0 aromatic heterocycles. The highest BCUT2D eigenvalue weighted by molar-refractivity contribution is 6.19. The number of fused-ring (bicyclic) bond motifs is 3. The minimum absolute atomic E-state index is 0.0207. The molecule has 3 N–H and O–H groups in total. The first-order valence-corrected chi connectivity index (χ1v) is 10.0. The number of nitriles is 1. The summed E-state index contributed by atoms with van der Waals surface area (Å²) in [6, 6.07) is 13.4. The number of carbonyl (C=O) groups is 2. The number of halogens is 1. The van der Waals surface area contributed by atoms with E-state index >= 15 is 0 Å². The molecule has 31 heavy (non-hydrogen) atoms. The summed E-state index contributed by atoms with van der Waals surface area (Å²) >= 11 is 0. The van der Waals surface area contributed by atoms with Crippen molar-refractivity contribution in [2.24, 2.45) is 5.73 Å². The van der Waals surface area contributed by atoms with E-state index in [1.807, 2.05) is 19.1 Å². The van der Waals surface area contributed by atoms with Gasteiger partial charge in [0.15, 0.2) is 5.78 Å². The van der Waals surface area contributed by atoms with Crippen LogP contribution in [0.2, 0.25) is 0 Å². The Morgan fingerprint density at radius 3 is 2.74 bits per heavy atom. The lowest BCUT2D eigenvalue weighted by molar-refractivity contribution is -0.122. The van der Waals surface area contributed by atoms with Crippen LogP contribution in [-0.2, 0) is 15.0 Å². The van der Waals surface area contributed by atoms with Crippen molar-refractivity contribution in [3.63, 3.8) is 0 Å². The Morgan fingerprint density at radius 2 is 2.00 bits per heavy atom. The smallest absolute Gasteiger partial charge is 0.245 e. The Balaban J connectivity index is 1.90. The van der Waals surface area contributed by atoms with E-state index in [0.717, 1.165) is 5.56 Å². The Bertz CT molecular complexity index is 1290. The van der Waals surface area contributed by atoms with Gasteiger partial charge in [0.05, 0.1) is 11.3 Å². The number of nitrogens with zero attached hydrogens (tertiary/aromatic N) is 2. The topological polar surface area (TPSA) is 99.2 Å². The highest BCUT2D eigenvalue weighted by Crippen LogP contribution is 2.55. The van der Waals surface area contributed by atoms with Gasteiger partial charge in [0.25, 0.3) is 0 Å². The number of rotatable bonds is 1. The van der Waals surface area contributed by atoms with Crippen molar-refractivity contribution >= 4 is 23.1 Å². The molecule has 0 bridgehead atoms. The van der Waals surface area contributed by atoms with Crippen LogP contribution >= 0.6 is 0 Å². The molecule has 2 aromatic carbocycles. The van der Waals surface area contributed by atoms with Crippen LogP contribution in [0.25, 0.3) is 0 Å². The maximum Gasteiger partial charge on any atom is 0.245 e. The number of benzene rings is 2. The van der Waals surface area contributed by atoms with Gasteiger partial charge in [-0.15, -0.1) is 0 Å². The van der Waals surface area contributed by atoms with Crippen molar-refractivity contribution in [2.75, 3.05) is 10.2 Å². The van der Waals surface area contributed by atoms with Crippen LogP contribution in [0, 0.1) is 24.1 Å². The zero-order chi connectivity index (χ0) is 21.9. The third-order valence-electron chi connectivity index (χ3n) is 6.25. The second-order valence-electron chi connectivity index (χ2n) is 8.04. The molecule has 2 aliphatic heterocycles. The Kier molecular flexibility index (Phi) is 4.02. The van der Waals surface area contributed by atoms with Crippen LogP contribution in [0.4, 0.5) is 15.8 Å². The highest BCUT2D eigenvalue weighted by Gasteiger charge is 2.60. The standard InChI is InChI=1S/C24H19FN4O2/c1-13-8-9-18-16(10-13)24(23(31)28-18)17(12-26)22(27)29(15-5-2-4-14(25)11-15)19-6-3-7-20(30)21(19)24/h2,4-5,8-11H,3,6-7,27H2,1H3,(H,28,31)/t24-/m1/s1. The predicted molar refractivity (Wildman–Crippen MR) is 113 cm³/mol. The molecule has 0 saturated heterocycles. The fourth-order valence-corrected chi connectivity index (χ4v) is 5.01. The molecule has 0 fully saturated rings. The lowest BCUT2D eigenvalue weighted by Crippen LogP contribution is -2.50. The zero-order valence-electron chi connectivity index (χ0n) is 16.8. The third-order valence-corrected chi connectivity index (χ3v) is 6.25. The molecule has 1 amide bonds. The molecule has 2 aromatic rings.